The summed E-state index contributed by atoms with van der Waals surface area (Å²) in [6.45, 7) is 0. The van der Waals surface area contributed by atoms with Crippen molar-refractivity contribution in [1.29, 1.82) is 0 Å². The minimum absolute atomic E-state index is 0.252. The van der Waals surface area contributed by atoms with Gasteiger partial charge < -0.3 is 9.13 Å². The van der Waals surface area contributed by atoms with Gasteiger partial charge in [0.2, 0.25) is 0 Å². The number of allylic oxidation sites excluding steroid dienone is 5. The first-order chi connectivity index (χ1) is 24.8. The fourth-order valence-electron chi connectivity index (χ4n) is 8.48. The number of aromatic nitrogens is 2. The molecule has 10 rings (SSSR count). The summed E-state index contributed by atoms with van der Waals surface area (Å²) in [5.74, 6) is 1.64. The summed E-state index contributed by atoms with van der Waals surface area (Å²) in [5, 5.41) is 3.88. The molecule has 0 saturated carbocycles. The molecule has 1 aliphatic heterocycles. The van der Waals surface area contributed by atoms with Gasteiger partial charge >= 0.3 is 0 Å². The van der Waals surface area contributed by atoms with Gasteiger partial charge in [-0.3, -0.25) is 0 Å². The summed E-state index contributed by atoms with van der Waals surface area (Å²) in [7, 11) is 0. The third-order valence-electron chi connectivity index (χ3n) is 10.9. The quantitative estimate of drug-likeness (QED) is 0.182. The monoisotopic (exact) mass is 643 g/mol. The van der Waals surface area contributed by atoms with Gasteiger partial charge in [-0.05, 0) is 72.4 Å². The van der Waals surface area contributed by atoms with Crippen molar-refractivity contribution < 1.29 is 0 Å². The van der Waals surface area contributed by atoms with Gasteiger partial charge in [-0.1, -0.05) is 127 Å². The molecule has 0 bridgehead atoms. The van der Waals surface area contributed by atoms with Gasteiger partial charge in [-0.15, -0.1) is 0 Å². The molecule has 3 heterocycles. The summed E-state index contributed by atoms with van der Waals surface area (Å²) in [4.78, 5) is 5.48. The molecular weight excluding hydrogens is 607 g/mol. The van der Waals surface area contributed by atoms with E-state index in [2.05, 4.69) is 173 Å². The Kier molecular flexibility index (Phi) is 6.90. The maximum Gasteiger partial charge on any atom is 0.115 e. The van der Waals surface area contributed by atoms with Gasteiger partial charge in [0.15, 0.2) is 0 Å². The summed E-state index contributed by atoms with van der Waals surface area (Å²) >= 11 is 0. The predicted molar refractivity (Wildman–Crippen MR) is 209 cm³/mol. The highest BCUT2D eigenvalue weighted by molar-refractivity contribution is 6.09. The fourth-order valence-corrected chi connectivity index (χ4v) is 8.48. The smallest absolute Gasteiger partial charge is 0.115 e. The van der Waals surface area contributed by atoms with Crippen molar-refractivity contribution in [2.24, 2.45) is 4.99 Å². The number of hydrogen-bond donors (Lipinski definition) is 0. The summed E-state index contributed by atoms with van der Waals surface area (Å²) in [5.41, 5.74) is 12.6. The first-order valence-electron chi connectivity index (χ1n) is 17.9. The van der Waals surface area contributed by atoms with Crippen LogP contribution in [0.25, 0.3) is 44.5 Å². The molecule has 3 nitrogen and oxygen atoms in total. The van der Waals surface area contributed by atoms with Crippen LogP contribution in [0.2, 0.25) is 0 Å². The first-order valence-corrected chi connectivity index (χ1v) is 17.9. The largest absolute Gasteiger partial charge is 0.309 e. The zero-order valence-corrected chi connectivity index (χ0v) is 27.9. The molecule has 0 N–H and O–H groups in total. The number of nitrogens with zero attached hydrogens (tertiary/aromatic N) is 3. The van der Waals surface area contributed by atoms with Gasteiger partial charge in [0.1, 0.15) is 5.84 Å². The minimum atomic E-state index is 0.252. The topological polar surface area (TPSA) is 22.2 Å². The lowest BCUT2D eigenvalue weighted by Gasteiger charge is -2.26. The second kappa shape index (κ2) is 11.9. The molecule has 2 atom stereocenters. The van der Waals surface area contributed by atoms with Crippen molar-refractivity contribution >= 4 is 44.6 Å². The van der Waals surface area contributed by atoms with E-state index in [0.717, 1.165) is 37.2 Å². The van der Waals surface area contributed by atoms with Gasteiger partial charge in [-0.25, -0.2) is 4.99 Å². The van der Waals surface area contributed by atoms with Gasteiger partial charge in [-0.2, -0.15) is 0 Å². The molecule has 2 unspecified atom stereocenters. The van der Waals surface area contributed by atoms with Crippen LogP contribution in [0.4, 0.5) is 0 Å². The van der Waals surface area contributed by atoms with Crippen LogP contribution in [0.15, 0.2) is 174 Å². The second-order valence-corrected chi connectivity index (χ2v) is 13.8. The van der Waals surface area contributed by atoms with E-state index in [-0.39, 0.29) is 11.8 Å². The van der Waals surface area contributed by atoms with E-state index in [4.69, 9.17) is 4.99 Å². The molecule has 2 aliphatic carbocycles. The van der Waals surface area contributed by atoms with E-state index in [9.17, 15) is 0 Å². The van der Waals surface area contributed by atoms with Gasteiger partial charge in [0, 0.05) is 51.4 Å². The van der Waals surface area contributed by atoms with Gasteiger partial charge in [0.25, 0.3) is 0 Å². The lowest BCUT2D eigenvalue weighted by atomic mass is 9.87. The third-order valence-corrected chi connectivity index (χ3v) is 10.9. The SMILES string of the molecule is C1=CC(C2=CC(c3ccccc3)CC(n3c4c(c5ccccc53)C=CC(c3ccc5c(c3)c3ccccc3n5-c3ccccc3)C4)=N2)=CCC1. The Bertz CT molecular complexity index is 2590. The van der Waals surface area contributed by atoms with Crippen LogP contribution in [-0.2, 0) is 6.42 Å². The number of para-hydroxylation sites is 3. The highest BCUT2D eigenvalue weighted by atomic mass is 15.1. The van der Waals surface area contributed by atoms with Gasteiger partial charge in [0.05, 0.1) is 22.2 Å². The number of hydrogen-bond acceptors (Lipinski definition) is 1. The third kappa shape index (κ3) is 4.76. The number of aliphatic imine (C=N–C) groups is 1. The van der Waals surface area contributed by atoms with E-state index in [1.807, 2.05) is 0 Å². The van der Waals surface area contributed by atoms with E-state index >= 15 is 0 Å². The van der Waals surface area contributed by atoms with Crippen molar-refractivity contribution in [3.63, 3.8) is 0 Å². The fraction of sp³-hybridized carbons (Fsp3) is 0.128. The molecule has 0 spiro atoms. The Morgan fingerprint density at radius 1 is 0.560 bits per heavy atom. The van der Waals surface area contributed by atoms with Crippen molar-refractivity contribution in [2.75, 3.05) is 0 Å². The molecule has 0 radical (unpaired) electrons. The van der Waals surface area contributed by atoms with Crippen LogP contribution in [0, 0.1) is 0 Å². The molecule has 2 aromatic heterocycles. The Labute approximate surface area is 292 Å². The molecular formula is C47H37N3. The second-order valence-electron chi connectivity index (χ2n) is 13.8. The molecule has 240 valence electrons. The van der Waals surface area contributed by atoms with E-state index < -0.39 is 0 Å². The van der Waals surface area contributed by atoms with E-state index in [1.54, 1.807) is 0 Å². The lowest BCUT2D eigenvalue weighted by Crippen LogP contribution is -2.22. The predicted octanol–water partition coefficient (Wildman–Crippen LogP) is 11.7. The molecule has 5 aromatic carbocycles. The molecule has 3 aliphatic rings. The zero-order valence-electron chi connectivity index (χ0n) is 27.9. The molecule has 0 amide bonds. The highest BCUT2D eigenvalue weighted by Crippen LogP contribution is 2.41. The number of rotatable bonds is 4. The maximum atomic E-state index is 5.48. The average Bonchev–Trinajstić information content (AvgIpc) is 3.71. The standard InChI is InChI=1S/C47H37N3/c1-4-14-32(15-5-1)36-29-42(33-16-6-2-7-17-33)48-47(31-36)50-44-23-13-10-20-38(44)40-26-24-35(30-46(40)50)34-25-27-45-41(28-34)39-21-11-12-22-43(39)49(45)37-18-8-3-9-19-37/h1,3-6,8-29,35-36H,2,7,30-31H2. The highest BCUT2D eigenvalue weighted by Gasteiger charge is 2.29. The minimum Gasteiger partial charge on any atom is -0.309 e. The Morgan fingerprint density at radius 3 is 2.08 bits per heavy atom. The van der Waals surface area contributed by atoms with Crippen LogP contribution in [0.5, 0.6) is 0 Å². The molecule has 50 heavy (non-hydrogen) atoms. The molecule has 0 saturated heterocycles. The average molecular weight is 644 g/mol. The molecule has 3 heteroatoms. The van der Waals surface area contributed by atoms with E-state index in [0.29, 0.717) is 0 Å². The molecule has 0 fully saturated rings. The maximum absolute atomic E-state index is 5.48. The van der Waals surface area contributed by atoms with Crippen LogP contribution < -0.4 is 0 Å². The van der Waals surface area contributed by atoms with E-state index in [1.165, 1.54) is 66.4 Å². The van der Waals surface area contributed by atoms with Crippen LogP contribution in [-0.4, -0.2) is 15.0 Å². The van der Waals surface area contributed by atoms with Crippen molar-refractivity contribution in [2.45, 2.75) is 37.5 Å². The zero-order chi connectivity index (χ0) is 33.0. The Hall–Kier alpha value is -5.93. The Morgan fingerprint density at radius 2 is 1.28 bits per heavy atom. The number of benzene rings is 5. The van der Waals surface area contributed by atoms with Crippen LogP contribution in [0.1, 0.15) is 53.5 Å². The summed E-state index contributed by atoms with van der Waals surface area (Å²) < 4.78 is 4.91. The van der Waals surface area contributed by atoms with Crippen LogP contribution in [0.3, 0.4) is 0 Å². The lowest BCUT2D eigenvalue weighted by molar-refractivity contribution is 0.772. The normalized spacial score (nSPS) is 18.7. The van der Waals surface area contributed by atoms with Crippen molar-refractivity contribution in [3.05, 3.63) is 191 Å². The summed E-state index contributed by atoms with van der Waals surface area (Å²) in [6, 6.07) is 46.5. The van der Waals surface area contributed by atoms with Crippen molar-refractivity contribution in [3.8, 4) is 5.69 Å². The summed E-state index contributed by atoms with van der Waals surface area (Å²) in [6.07, 6.45) is 18.0. The number of fused-ring (bicyclic) bond motifs is 6. The van der Waals surface area contributed by atoms with Crippen LogP contribution >= 0.6 is 0 Å². The van der Waals surface area contributed by atoms with Crippen molar-refractivity contribution in [1.82, 2.24) is 9.13 Å². The first kappa shape index (κ1) is 29.0. The molecule has 7 aromatic rings. The Balaban J connectivity index is 1.10.